The van der Waals surface area contributed by atoms with Gasteiger partial charge in [-0.25, -0.2) is 4.98 Å². The number of aromatic nitrogens is 2. The molecule has 34 heavy (non-hydrogen) atoms. The Kier molecular flexibility index (Phi) is 12.6. The van der Waals surface area contributed by atoms with Gasteiger partial charge in [0.25, 0.3) is 5.91 Å². The Morgan fingerprint density at radius 2 is 1.79 bits per heavy atom. The summed E-state index contributed by atoms with van der Waals surface area (Å²) in [7, 11) is 1.50. The summed E-state index contributed by atoms with van der Waals surface area (Å²) in [4.78, 5) is 30.5. The number of rotatable bonds is 4. The zero-order chi connectivity index (χ0) is 25.9. The lowest BCUT2D eigenvalue weighted by Crippen LogP contribution is -2.44. The molecule has 0 radical (unpaired) electrons. The quantitative estimate of drug-likeness (QED) is 0.542. The van der Waals surface area contributed by atoms with Gasteiger partial charge in [-0.05, 0) is 30.7 Å². The number of ether oxygens (including phenoxy) is 2. The van der Waals surface area contributed by atoms with Crippen LogP contribution < -0.4 is 5.73 Å². The van der Waals surface area contributed by atoms with Crippen LogP contribution in [0.2, 0.25) is 0 Å². The number of hydrogen-bond acceptors (Lipinski definition) is 7. The first-order valence-corrected chi connectivity index (χ1v) is 12.1. The van der Waals surface area contributed by atoms with Crippen LogP contribution in [0, 0.1) is 5.92 Å². The molecule has 1 amide bonds. The molecular weight excluding hydrogens is 504 g/mol. The number of benzene rings is 1. The Balaban J connectivity index is 0.000000894. The van der Waals surface area contributed by atoms with E-state index in [-0.39, 0.29) is 24.4 Å². The van der Waals surface area contributed by atoms with Gasteiger partial charge in [0.1, 0.15) is 18.7 Å². The molecule has 1 aromatic heterocycles. The number of aromatic amines is 1. The summed E-state index contributed by atoms with van der Waals surface area (Å²) < 4.78 is 12.7. The fraction of sp³-hybridized carbons (Fsp3) is 0.542. The molecule has 1 aromatic carbocycles. The maximum atomic E-state index is 12.9. The Bertz CT molecular complexity index is 869. The molecule has 0 saturated carbocycles. The average Bonchev–Trinajstić information content (AvgIpc) is 3.63. The minimum atomic E-state index is -1.07. The van der Waals surface area contributed by atoms with Crippen molar-refractivity contribution in [2.45, 2.75) is 52.0 Å². The van der Waals surface area contributed by atoms with Crippen molar-refractivity contribution in [2.75, 3.05) is 26.8 Å². The second-order valence-electron chi connectivity index (χ2n) is 7.67. The third-order valence-electron chi connectivity index (χ3n) is 5.34. The van der Waals surface area contributed by atoms with Gasteiger partial charge in [-0.15, -0.1) is 0 Å². The predicted octanol–water partition coefficient (Wildman–Crippen LogP) is 3.29. The van der Waals surface area contributed by atoms with E-state index in [0.717, 1.165) is 15.7 Å². The van der Waals surface area contributed by atoms with Crippen LogP contribution >= 0.6 is 15.9 Å². The third-order valence-corrected chi connectivity index (χ3v) is 5.87. The van der Waals surface area contributed by atoms with Crippen LogP contribution in [0.3, 0.4) is 0 Å². The minimum Gasteiger partial charge on any atom is -0.383 e. The van der Waals surface area contributed by atoms with E-state index >= 15 is 0 Å². The molecule has 2 fully saturated rings. The van der Waals surface area contributed by atoms with Gasteiger partial charge in [-0.3, -0.25) is 4.79 Å². The largest absolute Gasteiger partial charge is 0.383 e. The average molecular weight is 541 g/mol. The van der Waals surface area contributed by atoms with E-state index in [1.54, 1.807) is 11.1 Å². The zero-order valence-electron chi connectivity index (χ0n) is 20.6. The van der Waals surface area contributed by atoms with E-state index in [0.29, 0.717) is 25.5 Å². The number of H-pyrrole nitrogens is 1. The highest BCUT2D eigenvalue weighted by Crippen LogP contribution is 2.42. The molecule has 4 rings (SSSR count). The number of halogens is 1. The molecule has 2 unspecified atom stereocenters. The summed E-state index contributed by atoms with van der Waals surface area (Å²) >= 11 is 3.44. The number of imidazole rings is 1. The SMILES string of the molecule is C=O.CC.CC(C)C(O)C(=O)N1CC2(CC1c1ncc(-c3ccc(Br)cc3)[nH]1)OCCO2.CN. The Morgan fingerprint density at radius 3 is 2.32 bits per heavy atom. The van der Waals surface area contributed by atoms with Gasteiger partial charge in [-0.2, -0.15) is 0 Å². The normalized spacial score (nSPS) is 18.9. The van der Waals surface area contributed by atoms with Gasteiger partial charge in [0.2, 0.25) is 0 Å². The van der Waals surface area contributed by atoms with E-state index in [1.165, 1.54) is 7.05 Å². The molecule has 0 aliphatic carbocycles. The molecule has 0 bridgehead atoms. The fourth-order valence-electron chi connectivity index (χ4n) is 3.76. The summed E-state index contributed by atoms with van der Waals surface area (Å²) in [5.41, 5.74) is 6.37. The Labute approximate surface area is 210 Å². The number of carbonyl (C=O) groups excluding carboxylic acids is 2. The molecule has 1 spiro atoms. The van der Waals surface area contributed by atoms with Gasteiger partial charge in [0, 0.05) is 10.9 Å². The monoisotopic (exact) mass is 540 g/mol. The lowest BCUT2D eigenvalue weighted by molar-refractivity contribution is -0.157. The Hall–Kier alpha value is -2.11. The first-order chi connectivity index (χ1) is 16.4. The number of amides is 1. The summed E-state index contributed by atoms with van der Waals surface area (Å²) in [5, 5.41) is 10.4. The summed E-state index contributed by atoms with van der Waals surface area (Å²) in [6.07, 6.45) is 1.18. The minimum absolute atomic E-state index is 0.176. The number of nitrogens with one attached hydrogen (secondary N) is 1. The van der Waals surface area contributed by atoms with Crippen molar-refractivity contribution in [2.24, 2.45) is 11.7 Å². The van der Waals surface area contributed by atoms with Gasteiger partial charge in [0.15, 0.2) is 5.79 Å². The highest BCUT2D eigenvalue weighted by atomic mass is 79.9. The molecule has 2 aliphatic rings. The van der Waals surface area contributed by atoms with Crippen LogP contribution in [0.5, 0.6) is 0 Å². The van der Waals surface area contributed by atoms with Crippen molar-refractivity contribution in [3.63, 3.8) is 0 Å². The lowest BCUT2D eigenvalue weighted by Gasteiger charge is -2.27. The highest BCUT2D eigenvalue weighted by Gasteiger charge is 2.52. The number of carbonyl (C=O) groups is 2. The molecule has 190 valence electrons. The van der Waals surface area contributed by atoms with E-state index in [2.05, 4.69) is 31.6 Å². The topological polar surface area (TPSA) is 131 Å². The Morgan fingerprint density at radius 1 is 1.24 bits per heavy atom. The number of likely N-dealkylation sites (tertiary alicyclic amines) is 1. The number of hydrogen-bond donors (Lipinski definition) is 3. The molecule has 2 aromatic rings. The van der Waals surface area contributed by atoms with Crippen LogP contribution in [0.1, 0.15) is 46.0 Å². The van der Waals surface area contributed by atoms with Crippen molar-refractivity contribution >= 4 is 28.6 Å². The molecule has 9 nitrogen and oxygen atoms in total. The lowest BCUT2D eigenvalue weighted by atomic mass is 10.1. The molecule has 10 heteroatoms. The summed E-state index contributed by atoms with van der Waals surface area (Å²) in [6, 6.07) is 7.58. The number of aliphatic hydroxyl groups excluding tert-OH is 1. The zero-order valence-corrected chi connectivity index (χ0v) is 22.2. The van der Waals surface area contributed by atoms with Gasteiger partial charge in [-0.1, -0.05) is 55.8 Å². The first kappa shape index (κ1) is 29.9. The first-order valence-electron chi connectivity index (χ1n) is 11.3. The molecule has 2 saturated heterocycles. The predicted molar refractivity (Wildman–Crippen MR) is 135 cm³/mol. The molecule has 2 aliphatic heterocycles. The van der Waals surface area contributed by atoms with Crippen molar-refractivity contribution in [1.82, 2.24) is 14.9 Å². The number of nitrogens with zero attached hydrogens (tertiary/aromatic N) is 2. The standard InChI is InChI=1S/C20H24BrN3O4.C2H6.CH5N.CH2O/c1-12(2)17(25)19(26)24-11-20(27-7-8-28-20)9-16(24)18-22-10-15(23-18)13-3-5-14(21)6-4-13;3*1-2/h3-6,10,12,16-17,25H,7-9,11H2,1-2H3,(H,22,23);1-2H3;2H2,1H3;1H2. The van der Waals surface area contributed by atoms with Crippen molar-refractivity contribution in [3.05, 3.63) is 40.8 Å². The van der Waals surface area contributed by atoms with Gasteiger partial charge < -0.3 is 35.0 Å². The van der Waals surface area contributed by atoms with Crippen LogP contribution in [0.4, 0.5) is 0 Å². The van der Waals surface area contributed by atoms with Gasteiger partial charge >= 0.3 is 0 Å². The van der Waals surface area contributed by atoms with Crippen LogP contribution in [-0.4, -0.2) is 71.4 Å². The number of nitrogens with two attached hydrogens (primary N) is 1. The van der Waals surface area contributed by atoms with E-state index < -0.39 is 11.9 Å². The maximum absolute atomic E-state index is 12.9. The summed E-state index contributed by atoms with van der Waals surface area (Å²) in [5.74, 6) is -0.650. The molecule has 3 heterocycles. The second kappa shape index (κ2) is 14.3. The fourth-order valence-corrected chi connectivity index (χ4v) is 4.02. The van der Waals surface area contributed by atoms with Crippen molar-refractivity contribution < 1.29 is 24.2 Å². The van der Waals surface area contributed by atoms with E-state index in [4.69, 9.17) is 14.3 Å². The maximum Gasteiger partial charge on any atom is 0.252 e. The smallest absolute Gasteiger partial charge is 0.252 e. The second-order valence-corrected chi connectivity index (χ2v) is 8.59. The number of aliphatic hydroxyl groups is 1. The van der Waals surface area contributed by atoms with Crippen LogP contribution in [0.15, 0.2) is 34.9 Å². The third kappa shape index (κ3) is 6.96. The van der Waals surface area contributed by atoms with E-state index in [1.807, 2.05) is 58.7 Å². The van der Waals surface area contributed by atoms with Gasteiger partial charge in [0.05, 0.1) is 37.7 Å². The van der Waals surface area contributed by atoms with Crippen LogP contribution in [0.25, 0.3) is 11.3 Å². The molecule has 4 N–H and O–H groups in total. The van der Waals surface area contributed by atoms with Crippen molar-refractivity contribution in [3.8, 4) is 11.3 Å². The summed E-state index contributed by atoms with van der Waals surface area (Å²) in [6.45, 7) is 10.9. The van der Waals surface area contributed by atoms with E-state index in [9.17, 15) is 9.90 Å². The van der Waals surface area contributed by atoms with Crippen LogP contribution in [-0.2, 0) is 19.1 Å². The molecule has 2 atom stereocenters. The van der Waals surface area contributed by atoms with Crippen molar-refractivity contribution in [1.29, 1.82) is 0 Å². The molecular formula is C24H37BrN4O5. The highest BCUT2D eigenvalue weighted by molar-refractivity contribution is 9.10.